The highest BCUT2D eigenvalue weighted by Gasteiger charge is 2.59. The van der Waals surface area contributed by atoms with E-state index < -0.39 is 70.7 Å². The molecule has 45 heavy (non-hydrogen) atoms. The molecule has 2 aliphatic rings. The lowest BCUT2D eigenvalue weighted by molar-refractivity contribution is -0.163. The number of carbonyl (C=O) groups is 4. The van der Waals surface area contributed by atoms with Crippen LogP contribution in [0.5, 0.6) is 23.0 Å². The largest absolute Gasteiger partial charge is 0.504 e. The van der Waals surface area contributed by atoms with Gasteiger partial charge in [-0.3, -0.25) is 19.3 Å². The molecule has 8 N–H and O–H groups in total. The van der Waals surface area contributed by atoms with Gasteiger partial charge in [0.2, 0.25) is 5.91 Å². The summed E-state index contributed by atoms with van der Waals surface area (Å²) in [6.45, 7) is 3.55. The predicted octanol–water partition coefficient (Wildman–Crippen LogP) is 1.47. The van der Waals surface area contributed by atoms with E-state index in [1.807, 2.05) is 0 Å². The van der Waals surface area contributed by atoms with Crippen molar-refractivity contribution in [1.82, 2.24) is 20.4 Å². The number of phenols is 4. The molecule has 242 valence electrons. The second-order valence-corrected chi connectivity index (χ2v) is 11.6. The van der Waals surface area contributed by atoms with E-state index in [1.165, 1.54) is 24.0 Å². The molecule has 0 bridgehead atoms. The van der Waals surface area contributed by atoms with Crippen LogP contribution in [0.3, 0.4) is 0 Å². The van der Waals surface area contributed by atoms with E-state index in [0.717, 1.165) is 12.1 Å². The molecule has 1 fully saturated rings. The number of aromatic hydroxyl groups is 4. The Labute approximate surface area is 267 Å². The highest BCUT2D eigenvalue weighted by Crippen LogP contribution is 2.47. The molecule has 0 unspecified atom stereocenters. The fraction of sp³-hybridized carbons (Fsp3) is 0.379. The standard InChI is InChI=1S/C29H32Cl2N4O10/c1-12-16(23(29(44)45)35-22(12)19(13(2)36)28(35)43)11-34(9-7-32-26(41)14-3-5-17(37)24(39)20(14)30)10-8-33-27(42)15-4-6-18(38)25(40)21(15)31/h3-6,12-13,19,22,36-40H,7-11H2,1-2H3,(H,32,41)(H,33,42)(H,44,45)/t12-,13+,19+,22+/m0/s1. The number of aliphatic hydroxyl groups excluding tert-OH is 1. The highest BCUT2D eigenvalue weighted by molar-refractivity contribution is 6.36. The average molecular weight is 667 g/mol. The molecule has 0 saturated carbocycles. The molecule has 3 amide bonds. The van der Waals surface area contributed by atoms with Crippen LogP contribution >= 0.6 is 23.2 Å². The summed E-state index contributed by atoms with van der Waals surface area (Å²) in [5.74, 6) is -6.56. The van der Waals surface area contributed by atoms with Crippen molar-refractivity contribution in [3.8, 4) is 23.0 Å². The number of fused-ring (bicyclic) bond motifs is 1. The monoisotopic (exact) mass is 666 g/mol. The zero-order valence-electron chi connectivity index (χ0n) is 24.1. The molecular formula is C29H32Cl2N4O10. The van der Waals surface area contributed by atoms with Gasteiger partial charge in [-0.25, -0.2) is 4.79 Å². The van der Waals surface area contributed by atoms with Crippen molar-refractivity contribution in [2.45, 2.75) is 26.0 Å². The van der Waals surface area contributed by atoms with Crippen LogP contribution in [0.1, 0.15) is 34.6 Å². The number of carboxylic acids is 1. The number of benzene rings is 2. The number of rotatable bonds is 12. The number of carbonyl (C=O) groups excluding carboxylic acids is 3. The van der Waals surface area contributed by atoms with Crippen molar-refractivity contribution in [2.75, 3.05) is 32.7 Å². The van der Waals surface area contributed by atoms with Gasteiger partial charge in [0.15, 0.2) is 23.0 Å². The molecule has 2 heterocycles. The lowest BCUT2D eigenvalue weighted by atomic mass is 9.77. The molecular weight excluding hydrogens is 635 g/mol. The van der Waals surface area contributed by atoms with Gasteiger partial charge in [-0.1, -0.05) is 30.1 Å². The van der Waals surface area contributed by atoms with Crippen LogP contribution in [0.2, 0.25) is 10.0 Å². The van der Waals surface area contributed by atoms with Crippen LogP contribution in [-0.2, 0) is 9.59 Å². The van der Waals surface area contributed by atoms with Gasteiger partial charge >= 0.3 is 5.97 Å². The number of carboxylic acid groups (broad SMARTS) is 1. The maximum absolute atomic E-state index is 12.8. The van der Waals surface area contributed by atoms with Crippen LogP contribution in [0.4, 0.5) is 0 Å². The molecule has 16 heteroatoms. The first-order chi connectivity index (χ1) is 21.2. The van der Waals surface area contributed by atoms with E-state index >= 15 is 0 Å². The third-order valence-corrected chi connectivity index (χ3v) is 8.78. The summed E-state index contributed by atoms with van der Waals surface area (Å²) in [5.41, 5.74) is 0.0733. The first-order valence-electron chi connectivity index (χ1n) is 13.8. The number of nitrogens with zero attached hydrogens (tertiary/aromatic N) is 2. The average Bonchev–Trinajstić information content (AvgIpc) is 3.21. The number of hydrogen-bond donors (Lipinski definition) is 8. The molecule has 2 aromatic rings. The van der Waals surface area contributed by atoms with Gasteiger partial charge in [-0.2, -0.15) is 0 Å². The maximum atomic E-state index is 12.8. The van der Waals surface area contributed by atoms with Crippen molar-refractivity contribution in [3.05, 3.63) is 56.7 Å². The first-order valence-corrected chi connectivity index (χ1v) is 14.6. The molecule has 0 aliphatic carbocycles. The Morgan fingerprint density at radius 2 is 1.38 bits per heavy atom. The van der Waals surface area contributed by atoms with Crippen LogP contribution in [-0.4, -0.2) is 109 Å². The van der Waals surface area contributed by atoms with Gasteiger partial charge in [0.05, 0.1) is 39.2 Å². The fourth-order valence-corrected chi connectivity index (χ4v) is 6.16. The number of amides is 3. The molecule has 2 aliphatic heterocycles. The quantitative estimate of drug-likeness (QED) is 0.120. The minimum atomic E-state index is -1.30. The number of phenolic OH excluding ortho intramolecular Hbond substituents is 4. The molecule has 2 aromatic carbocycles. The van der Waals surface area contributed by atoms with Crippen molar-refractivity contribution in [2.24, 2.45) is 11.8 Å². The molecule has 1 saturated heterocycles. The minimum absolute atomic E-state index is 0.00878. The topological polar surface area (TPSA) is 220 Å². The number of halogens is 2. The Morgan fingerprint density at radius 1 is 0.911 bits per heavy atom. The third-order valence-electron chi connectivity index (χ3n) is 8.02. The van der Waals surface area contributed by atoms with Gasteiger partial charge < -0.3 is 46.2 Å². The minimum Gasteiger partial charge on any atom is -0.504 e. The molecule has 0 aromatic heterocycles. The van der Waals surface area contributed by atoms with E-state index in [-0.39, 0.29) is 59.6 Å². The number of hydrogen-bond acceptors (Lipinski definition) is 10. The summed E-state index contributed by atoms with van der Waals surface area (Å²) >= 11 is 12.0. The second-order valence-electron chi connectivity index (χ2n) is 10.8. The fourth-order valence-electron chi connectivity index (χ4n) is 5.67. The number of β-lactam (4-membered cyclic amide) rings is 1. The molecule has 14 nitrogen and oxygen atoms in total. The summed E-state index contributed by atoms with van der Waals surface area (Å²) in [5, 5.41) is 63.7. The first kappa shape index (κ1) is 33.6. The second kappa shape index (κ2) is 13.4. The zero-order valence-corrected chi connectivity index (χ0v) is 25.6. The van der Waals surface area contributed by atoms with Gasteiger partial charge in [0.1, 0.15) is 5.70 Å². The number of nitrogens with one attached hydrogen (secondary N) is 2. The Balaban J connectivity index is 1.51. The van der Waals surface area contributed by atoms with E-state index in [0.29, 0.717) is 5.57 Å². The van der Waals surface area contributed by atoms with Crippen molar-refractivity contribution < 1.29 is 49.8 Å². The van der Waals surface area contributed by atoms with Crippen LogP contribution in [0.15, 0.2) is 35.5 Å². The summed E-state index contributed by atoms with van der Waals surface area (Å²) in [7, 11) is 0. The van der Waals surface area contributed by atoms with Crippen LogP contribution in [0, 0.1) is 11.8 Å². The molecule has 0 radical (unpaired) electrons. The Hall–Kier alpha value is -4.24. The molecule has 4 atom stereocenters. The third kappa shape index (κ3) is 6.45. The number of aliphatic hydroxyl groups is 1. The lowest BCUT2D eigenvalue weighted by Gasteiger charge is -2.46. The van der Waals surface area contributed by atoms with Crippen molar-refractivity contribution in [1.29, 1.82) is 0 Å². The van der Waals surface area contributed by atoms with E-state index in [1.54, 1.807) is 11.8 Å². The highest BCUT2D eigenvalue weighted by atomic mass is 35.5. The van der Waals surface area contributed by atoms with Gasteiger partial charge in [0.25, 0.3) is 11.8 Å². The zero-order chi connectivity index (χ0) is 33.3. The maximum Gasteiger partial charge on any atom is 0.352 e. The molecule has 0 spiro atoms. The van der Waals surface area contributed by atoms with Crippen molar-refractivity contribution in [3.63, 3.8) is 0 Å². The Morgan fingerprint density at radius 3 is 1.80 bits per heavy atom. The van der Waals surface area contributed by atoms with Crippen molar-refractivity contribution >= 4 is 46.9 Å². The van der Waals surface area contributed by atoms with Gasteiger partial charge in [0, 0.05) is 38.6 Å². The summed E-state index contributed by atoms with van der Waals surface area (Å²) in [6, 6.07) is 4.15. The van der Waals surface area contributed by atoms with Crippen LogP contribution < -0.4 is 10.6 Å². The summed E-state index contributed by atoms with van der Waals surface area (Å²) in [6.07, 6.45) is -0.977. The summed E-state index contributed by atoms with van der Waals surface area (Å²) in [4.78, 5) is 53.5. The van der Waals surface area contributed by atoms with E-state index in [9.17, 15) is 49.8 Å². The lowest BCUT2D eigenvalue weighted by Crippen LogP contribution is -2.63. The number of aliphatic carboxylic acids is 1. The Bertz CT molecular complexity index is 1510. The van der Waals surface area contributed by atoms with Crippen LogP contribution in [0.25, 0.3) is 0 Å². The van der Waals surface area contributed by atoms with Gasteiger partial charge in [-0.05, 0) is 36.8 Å². The van der Waals surface area contributed by atoms with E-state index in [2.05, 4.69) is 10.6 Å². The predicted molar refractivity (Wildman–Crippen MR) is 160 cm³/mol. The van der Waals surface area contributed by atoms with Gasteiger partial charge in [-0.15, -0.1) is 0 Å². The Kier molecular flexibility index (Phi) is 10.0. The smallest absolute Gasteiger partial charge is 0.352 e. The normalized spacial score (nSPS) is 19.7. The van der Waals surface area contributed by atoms with E-state index in [4.69, 9.17) is 23.2 Å². The SMILES string of the molecule is C[C@@H](O)[C@H]1C(=O)N2C(C(=O)O)=C(CN(CCNC(=O)c3ccc(O)c(O)c3Cl)CCNC(=O)c3ccc(O)c(O)c3Cl)[C@H](C)[C@H]12. The summed E-state index contributed by atoms with van der Waals surface area (Å²) < 4.78 is 0. The molecule has 4 rings (SSSR count).